The Morgan fingerprint density at radius 3 is 2.46 bits per heavy atom. The lowest BCUT2D eigenvalue weighted by Gasteiger charge is -2.32. The molecular formula is C24H25N3O. The van der Waals surface area contributed by atoms with Crippen LogP contribution in [0.15, 0.2) is 67.0 Å². The molecule has 0 bridgehead atoms. The largest absolute Gasteiger partial charge is 0.342 e. The Hall–Kier alpha value is -3.01. The van der Waals surface area contributed by atoms with Crippen LogP contribution in [0.4, 0.5) is 0 Å². The SMILES string of the molecule is Cc1ccccc1-c1cncc(C2CCN(C(=O)Cc3ccccc3)CC2)n1. The standard InChI is InChI=1S/C24H25N3O/c1-18-7-5-6-10-21(18)23-17-25-16-22(26-23)20-11-13-27(14-12-20)24(28)15-19-8-3-2-4-9-19/h2-10,16-17,20H,11-15H2,1H3. The topological polar surface area (TPSA) is 46.1 Å². The molecule has 1 amide bonds. The maximum atomic E-state index is 12.6. The summed E-state index contributed by atoms with van der Waals surface area (Å²) in [5, 5.41) is 0. The zero-order valence-corrected chi connectivity index (χ0v) is 16.2. The van der Waals surface area contributed by atoms with Gasteiger partial charge in [0.2, 0.25) is 5.91 Å². The molecule has 1 fully saturated rings. The van der Waals surface area contributed by atoms with E-state index >= 15 is 0 Å². The van der Waals surface area contributed by atoms with E-state index in [1.165, 1.54) is 5.56 Å². The van der Waals surface area contributed by atoms with Gasteiger partial charge in [-0.2, -0.15) is 0 Å². The molecule has 0 unspecified atom stereocenters. The molecule has 0 N–H and O–H groups in total. The summed E-state index contributed by atoms with van der Waals surface area (Å²) >= 11 is 0. The van der Waals surface area contributed by atoms with E-state index in [9.17, 15) is 4.79 Å². The molecule has 1 aliphatic rings. The van der Waals surface area contributed by atoms with Gasteiger partial charge in [-0.25, -0.2) is 4.98 Å². The number of carbonyl (C=O) groups excluding carboxylic acids is 1. The Balaban J connectivity index is 1.41. The summed E-state index contributed by atoms with van der Waals surface area (Å²) in [7, 11) is 0. The van der Waals surface area contributed by atoms with Crippen LogP contribution < -0.4 is 0 Å². The summed E-state index contributed by atoms with van der Waals surface area (Å²) in [6.07, 6.45) is 6.07. The third-order valence-electron chi connectivity index (χ3n) is 5.54. The number of piperidine rings is 1. The molecule has 142 valence electrons. The van der Waals surface area contributed by atoms with E-state index in [0.29, 0.717) is 12.3 Å². The molecule has 4 nitrogen and oxygen atoms in total. The van der Waals surface area contributed by atoms with Crippen molar-refractivity contribution < 1.29 is 4.79 Å². The Labute approximate surface area is 166 Å². The molecule has 1 saturated heterocycles. The van der Waals surface area contributed by atoms with Gasteiger partial charge >= 0.3 is 0 Å². The van der Waals surface area contributed by atoms with Gasteiger partial charge in [0.1, 0.15) is 0 Å². The van der Waals surface area contributed by atoms with Crippen LogP contribution in [-0.2, 0) is 11.2 Å². The van der Waals surface area contributed by atoms with Crippen LogP contribution in [-0.4, -0.2) is 33.9 Å². The predicted octanol–water partition coefficient (Wildman–Crippen LogP) is 4.40. The van der Waals surface area contributed by atoms with E-state index in [4.69, 9.17) is 4.98 Å². The van der Waals surface area contributed by atoms with Gasteiger partial charge in [0.15, 0.2) is 0 Å². The first-order valence-electron chi connectivity index (χ1n) is 9.90. The van der Waals surface area contributed by atoms with Crippen molar-refractivity contribution >= 4 is 5.91 Å². The number of rotatable bonds is 4. The number of likely N-dealkylation sites (tertiary alicyclic amines) is 1. The maximum absolute atomic E-state index is 12.6. The monoisotopic (exact) mass is 371 g/mol. The third-order valence-corrected chi connectivity index (χ3v) is 5.54. The molecule has 2 aromatic carbocycles. The molecule has 1 aliphatic heterocycles. The van der Waals surface area contributed by atoms with Crippen LogP contribution in [0, 0.1) is 6.92 Å². The highest BCUT2D eigenvalue weighted by Gasteiger charge is 2.25. The van der Waals surface area contributed by atoms with E-state index in [1.54, 1.807) is 0 Å². The van der Waals surface area contributed by atoms with Crippen molar-refractivity contribution in [2.75, 3.05) is 13.1 Å². The molecule has 0 saturated carbocycles. The maximum Gasteiger partial charge on any atom is 0.226 e. The molecule has 4 rings (SSSR count). The quantitative estimate of drug-likeness (QED) is 0.683. The van der Waals surface area contributed by atoms with Crippen molar-refractivity contribution in [1.29, 1.82) is 0 Å². The second-order valence-electron chi connectivity index (χ2n) is 7.46. The van der Waals surface area contributed by atoms with Gasteiger partial charge in [0, 0.05) is 30.8 Å². The fourth-order valence-corrected chi connectivity index (χ4v) is 3.87. The second-order valence-corrected chi connectivity index (χ2v) is 7.46. The van der Waals surface area contributed by atoms with E-state index in [-0.39, 0.29) is 5.91 Å². The van der Waals surface area contributed by atoms with Crippen molar-refractivity contribution in [2.45, 2.75) is 32.1 Å². The van der Waals surface area contributed by atoms with E-state index in [0.717, 1.165) is 48.4 Å². The minimum atomic E-state index is 0.212. The minimum Gasteiger partial charge on any atom is -0.342 e. The Bertz CT molecular complexity index is 947. The summed E-state index contributed by atoms with van der Waals surface area (Å²) < 4.78 is 0. The minimum absolute atomic E-state index is 0.212. The summed E-state index contributed by atoms with van der Waals surface area (Å²) in [6, 6.07) is 18.2. The molecular weight excluding hydrogens is 346 g/mol. The number of aromatic nitrogens is 2. The molecule has 0 atom stereocenters. The molecule has 0 radical (unpaired) electrons. The fourth-order valence-electron chi connectivity index (χ4n) is 3.87. The van der Waals surface area contributed by atoms with Crippen molar-refractivity contribution in [3.63, 3.8) is 0 Å². The lowest BCUT2D eigenvalue weighted by atomic mass is 9.93. The van der Waals surface area contributed by atoms with Crippen LogP contribution in [0.5, 0.6) is 0 Å². The third kappa shape index (κ3) is 4.11. The van der Waals surface area contributed by atoms with Crippen molar-refractivity contribution in [3.8, 4) is 11.3 Å². The fraction of sp³-hybridized carbons (Fsp3) is 0.292. The lowest BCUT2D eigenvalue weighted by Crippen LogP contribution is -2.38. The van der Waals surface area contributed by atoms with Gasteiger partial charge < -0.3 is 4.90 Å². The van der Waals surface area contributed by atoms with Crippen LogP contribution in [0.2, 0.25) is 0 Å². The second kappa shape index (κ2) is 8.34. The number of aryl methyl sites for hydroxylation is 1. The van der Waals surface area contributed by atoms with E-state index < -0.39 is 0 Å². The van der Waals surface area contributed by atoms with Crippen LogP contribution in [0.1, 0.15) is 35.6 Å². The highest BCUT2D eigenvalue weighted by atomic mass is 16.2. The van der Waals surface area contributed by atoms with Crippen LogP contribution in [0.3, 0.4) is 0 Å². The van der Waals surface area contributed by atoms with Crippen LogP contribution in [0.25, 0.3) is 11.3 Å². The predicted molar refractivity (Wildman–Crippen MR) is 111 cm³/mol. The lowest BCUT2D eigenvalue weighted by molar-refractivity contribution is -0.131. The van der Waals surface area contributed by atoms with Crippen LogP contribution >= 0.6 is 0 Å². The van der Waals surface area contributed by atoms with Crippen molar-refractivity contribution in [3.05, 3.63) is 83.8 Å². The zero-order chi connectivity index (χ0) is 19.3. The number of nitrogens with zero attached hydrogens (tertiary/aromatic N) is 3. The number of carbonyl (C=O) groups is 1. The summed E-state index contributed by atoms with van der Waals surface area (Å²) in [4.78, 5) is 23.9. The Kier molecular flexibility index (Phi) is 5.47. The molecule has 3 aromatic rings. The normalized spacial score (nSPS) is 14.8. The first kappa shape index (κ1) is 18.4. The molecule has 1 aromatic heterocycles. The molecule has 28 heavy (non-hydrogen) atoms. The molecule has 0 spiro atoms. The zero-order valence-electron chi connectivity index (χ0n) is 16.2. The highest BCUT2D eigenvalue weighted by molar-refractivity contribution is 5.78. The molecule has 0 aliphatic carbocycles. The van der Waals surface area contributed by atoms with Gasteiger partial charge in [-0.3, -0.25) is 9.78 Å². The summed E-state index contributed by atoms with van der Waals surface area (Å²) in [6.45, 7) is 3.67. The number of hydrogen-bond donors (Lipinski definition) is 0. The van der Waals surface area contributed by atoms with Gasteiger partial charge in [-0.05, 0) is 30.9 Å². The average molecular weight is 371 g/mol. The highest BCUT2D eigenvalue weighted by Crippen LogP contribution is 2.29. The average Bonchev–Trinajstić information content (AvgIpc) is 2.75. The number of benzene rings is 2. The first-order valence-corrected chi connectivity index (χ1v) is 9.90. The molecule has 4 heteroatoms. The summed E-state index contributed by atoms with van der Waals surface area (Å²) in [5.41, 5.74) is 5.38. The van der Waals surface area contributed by atoms with Crippen molar-refractivity contribution in [2.24, 2.45) is 0 Å². The van der Waals surface area contributed by atoms with Gasteiger partial charge in [0.25, 0.3) is 0 Å². The summed E-state index contributed by atoms with van der Waals surface area (Å²) in [5.74, 6) is 0.571. The first-order chi connectivity index (χ1) is 13.7. The van der Waals surface area contributed by atoms with E-state index in [2.05, 4.69) is 24.0 Å². The number of hydrogen-bond acceptors (Lipinski definition) is 3. The van der Waals surface area contributed by atoms with E-state index in [1.807, 2.05) is 59.8 Å². The number of amides is 1. The molecule has 2 heterocycles. The van der Waals surface area contributed by atoms with Gasteiger partial charge in [-0.1, -0.05) is 54.6 Å². The Morgan fingerprint density at radius 2 is 1.71 bits per heavy atom. The van der Waals surface area contributed by atoms with Crippen molar-refractivity contribution in [1.82, 2.24) is 14.9 Å². The van der Waals surface area contributed by atoms with Gasteiger partial charge in [-0.15, -0.1) is 0 Å². The Morgan fingerprint density at radius 1 is 1.00 bits per heavy atom. The smallest absolute Gasteiger partial charge is 0.226 e. The van der Waals surface area contributed by atoms with Gasteiger partial charge in [0.05, 0.1) is 24.0 Å².